The summed E-state index contributed by atoms with van der Waals surface area (Å²) < 4.78 is 0. The van der Waals surface area contributed by atoms with Gasteiger partial charge in [0.25, 0.3) is 0 Å². The van der Waals surface area contributed by atoms with E-state index in [0.29, 0.717) is 25.9 Å². The Bertz CT molecular complexity index is 406. The minimum Gasteiger partial charge on any atom is -0.480 e. The molecule has 0 radical (unpaired) electrons. The van der Waals surface area contributed by atoms with E-state index >= 15 is 0 Å². The Balaban J connectivity index is 0. The molecule has 0 aliphatic carbocycles. The molecule has 0 amide bonds. The van der Waals surface area contributed by atoms with Crippen molar-refractivity contribution >= 4 is 17.9 Å². The summed E-state index contributed by atoms with van der Waals surface area (Å²) >= 11 is 0. The summed E-state index contributed by atoms with van der Waals surface area (Å²) in [5.41, 5.74) is 20.8. The normalized spacial score (nSPS) is 17.4. The van der Waals surface area contributed by atoms with Gasteiger partial charge >= 0.3 is 17.9 Å². The van der Waals surface area contributed by atoms with Gasteiger partial charge in [-0.1, -0.05) is 12.8 Å². The van der Waals surface area contributed by atoms with Crippen molar-refractivity contribution in [1.82, 2.24) is 5.32 Å². The molecule has 1 rings (SSSR count). The van der Waals surface area contributed by atoms with Crippen LogP contribution in [0.4, 0.5) is 0 Å². The van der Waals surface area contributed by atoms with Crippen molar-refractivity contribution in [3.63, 3.8) is 0 Å². The van der Waals surface area contributed by atoms with Gasteiger partial charge in [-0.05, 0) is 58.2 Å². The summed E-state index contributed by atoms with van der Waals surface area (Å²) in [4.78, 5) is 30.4. The monoisotopic (exact) mass is 407 g/mol. The molecule has 28 heavy (non-hydrogen) atoms. The third kappa shape index (κ3) is 17.6. The van der Waals surface area contributed by atoms with Crippen LogP contribution in [0.3, 0.4) is 0 Å². The minimum atomic E-state index is -0.933. The van der Waals surface area contributed by atoms with Gasteiger partial charge in [0.2, 0.25) is 0 Å². The number of nitrogens with two attached hydrogens (primary N) is 4. The largest absolute Gasteiger partial charge is 0.480 e. The highest BCUT2D eigenvalue weighted by Gasteiger charge is 2.20. The Morgan fingerprint density at radius 1 is 0.857 bits per heavy atom. The van der Waals surface area contributed by atoms with Crippen molar-refractivity contribution in [2.75, 3.05) is 19.6 Å². The smallest absolute Gasteiger partial charge is 0.320 e. The maximum Gasteiger partial charge on any atom is 0.320 e. The van der Waals surface area contributed by atoms with Gasteiger partial charge in [0, 0.05) is 0 Å². The van der Waals surface area contributed by atoms with Gasteiger partial charge in [0.15, 0.2) is 0 Å². The third-order valence-corrected chi connectivity index (χ3v) is 3.93. The quantitative estimate of drug-likeness (QED) is 0.191. The molecular formula is C17H37N5O6. The van der Waals surface area contributed by atoms with Gasteiger partial charge in [-0.25, -0.2) is 0 Å². The molecule has 1 saturated heterocycles. The molecule has 1 aliphatic rings. The van der Waals surface area contributed by atoms with Crippen LogP contribution in [0.1, 0.15) is 51.4 Å². The number of aliphatic carboxylic acids is 3. The zero-order valence-corrected chi connectivity index (χ0v) is 16.4. The first-order valence-corrected chi connectivity index (χ1v) is 9.50. The maximum atomic E-state index is 10.1. The highest BCUT2D eigenvalue weighted by Crippen LogP contribution is 2.03. The number of hydrogen-bond donors (Lipinski definition) is 8. The Labute approximate surface area is 165 Å². The fourth-order valence-electron chi connectivity index (χ4n) is 2.16. The van der Waals surface area contributed by atoms with Crippen molar-refractivity contribution in [3.8, 4) is 0 Å². The lowest BCUT2D eigenvalue weighted by Crippen LogP contribution is -2.29. The Morgan fingerprint density at radius 3 is 1.50 bits per heavy atom. The number of nitrogens with one attached hydrogen (secondary N) is 1. The van der Waals surface area contributed by atoms with Gasteiger partial charge in [-0.15, -0.1) is 0 Å². The molecular weight excluding hydrogens is 370 g/mol. The van der Waals surface area contributed by atoms with Crippen LogP contribution in [0.15, 0.2) is 0 Å². The first-order chi connectivity index (χ1) is 13.2. The average molecular weight is 408 g/mol. The van der Waals surface area contributed by atoms with E-state index in [1.807, 2.05) is 0 Å². The fourth-order valence-corrected chi connectivity index (χ4v) is 2.16. The van der Waals surface area contributed by atoms with Crippen molar-refractivity contribution in [2.45, 2.75) is 69.5 Å². The van der Waals surface area contributed by atoms with E-state index in [2.05, 4.69) is 5.32 Å². The number of carboxylic acid groups (broad SMARTS) is 3. The number of unbranched alkanes of at least 4 members (excludes halogenated alkanes) is 2. The maximum absolute atomic E-state index is 10.1. The summed E-state index contributed by atoms with van der Waals surface area (Å²) in [6, 6.07) is -1.70. The van der Waals surface area contributed by atoms with Crippen LogP contribution in [-0.2, 0) is 14.4 Å². The van der Waals surface area contributed by atoms with Crippen LogP contribution in [-0.4, -0.2) is 71.0 Å². The standard InChI is InChI=1S/2C6H14N2O2.C5H9NO2/c2*7-4-2-1-3-5(8)6(9)10;7-5(8)4-2-1-3-6-4/h2*5H,1-4,7-8H2,(H,9,10);4,6H,1-3H2,(H,7,8)/t2*5-;4-/m000/s1. The average Bonchev–Trinajstić information content (AvgIpc) is 3.18. The number of rotatable bonds is 11. The Hall–Kier alpha value is -1.79. The molecule has 11 nitrogen and oxygen atoms in total. The van der Waals surface area contributed by atoms with Crippen LogP contribution in [0.5, 0.6) is 0 Å². The number of carboxylic acids is 3. The molecule has 0 aromatic rings. The summed E-state index contributed by atoms with van der Waals surface area (Å²) in [6.07, 6.45) is 6.11. The van der Waals surface area contributed by atoms with Crippen molar-refractivity contribution in [3.05, 3.63) is 0 Å². The Kier molecular flexibility index (Phi) is 18.8. The van der Waals surface area contributed by atoms with Gasteiger partial charge in [-0.2, -0.15) is 0 Å². The lowest BCUT2D eigenvalue weighted by Gasteiger charge is -2.03. The molecule has 1 aliphatic heterocycles. The molecule has 0 aromatic carbocycles. The summed E-state index contributed by atoms with van der Waals surface area (Å²) in [6.45, 7) is 2.07. The molecule has 1 heterocycles. The van der Waals surface area contributed by atoms with Crippen molar-refractivity contribution < 1.29 is 29.7 Å². The van der Waals surface area contributed by atoms with Gasteiger partial charge in [-0.3, -0.25) is 14.4 Å². The van der Waals surface area contributed by atoms with Crippen molar-refractivity contribution in [1.29, 1.82) is 0 Å². The van der Waals surface area contributed by atoms with Gasteiger partial charge < -0.3 is 43.6 Å². The van der Waals surface area contributed by atoms with Crippen LogP contribution >= 0.6 is 0 Å². The van der Waals surface area contributed by atoms with E-state index in [-0.39, 0.29) is 6.04 Å². The van der Waals surface area contributed by atoms with E-state index in [1.54, 1.807) is 0 Å². The van der Waals surface area contributed by atoms with Crippen LogP contribution in [0.2, 0.25) is 0 Å². The molecule has 166 valence electrons. The van der Waals surface area contributed by atoms with E-state index in [9.17, 15) is 14.4 Å². The second-order valence-electron chi connectivity index (χ2n) is 6.45. The number of hydrogen-bond acceptors (Lipinski definition) is 8. The lowest BCUT2D eigenvalue weighted by atomic mass is 10.1. The molecule has 1 fully saturated rings. The second-order valence-corrected chi connectivity index (χ2v) is 6.45. The highest BCUT2D eigenvalue weighted by atomic mass is 16.4. The topological polar surface area (TPSA) is 228 Å². The van der Waals surface area contributed by atoms with E-state index in [1.165, 1.54) is 0 Å². The molecule has 0 unspecified atom stereocenters. The molecule has 0 spiro atoms. The Morgan fingerprint density at radius 2 is 1.29 bits per heavy atom. The summed E-state index contributed by atoms with van der Waals surface area (Å²) in [7, 11) is 0. The molecule has 0 aromatic heterocycles. The SMILES string of the molecule is NCCCC[C@H](N)C(=O)O.NCCCC[C@H](N)C(=O)O.O=C(O)[C@@H]1CCCN1. The van der Waals surface area contributed by atoms with Crippen LogP contribution in [0, 0.1) is 0 Å². The minimum absolute atomic E-state index is 0.269. The zero-order chi connectivity index (χ0) is 21.9. The first-order valence-electron chi connectivity index (χ1n) is 9.50. The summed E-state index contributed by atoms with van der Waals surface area (Å²) in [5, 5.41) is 27.9. The highest BCUT2D eigenvalue weighted by molar-refractivity contribution is 5.74. The molecule has 3 atom stereocenters. The first kappa shape index (κ1) is 28.4. The van der Waals surface area contributed by atoms with Crippen LogP contribution in [0.25, 0.3) is 0 Å². The van der Waals surface area contributed by atoms with E-state index in [4.69, 9.17) is 38.3 Å². The van der Waals surface area contributed by atoms with E-state index in [0.717, 1.165) is 45.1 Å². The number of carbonyl (C=O) groups is 3. The van der Waals surface area contributed by atoms with Gasteiger partial charge in [0.05, 0.1) is 0 Å². The summed E-state index contributed by atoms with van der Waals surface area (Å²) in [5.74, 6) is -2.59. The molecule has 12 N–H and O–H groups in total. The van der Waals surface area contributed by atoms with Crippen LogP contribution < -0.4 is 28.3 Å². The molecule has 0 saturated carbocycles. The second kappa shape index (κ2) is 18.6. The lowest BCUT2D eigenvalue weighted by molar-refractivity contribution is -0.139. The zero-order valence-electron chi connectivity index (χ0n) is 16.4. The molecule has 0 bridgehead atoms. The van der Waals surface area contributed by atoms with E-state index < -0.39 is 30.0 Å². The predicted octanol–water partition coefficient (Wildman–Crippen LogP) is -1.12. The third-order valence-electron chi connectivity index (χ3n) is 3.93. The van der Waals surface area contributed by atoms with Gasteiger partial charge in [0.1, 0.15) is 18.1 Å². The van der Waals surface area contributed by atoms with Crippen molar-refractivity contribution in [2.24, 2.45) is 22.9 Å². The fraction of sp³-hybridized carbons (Fsp3) is 0.824. The predicted molar refractivity (Wildman–Crippen MR) is 106 cm³/mol. The molecule has 11 heteroatoms.